The van der Waals surface area contributed by atoms with Gasteiger partial charge in [0.1, 0.15) is 5.75 Å². The van der Waals surface area contributed by atoms with E-state index >= 15 is 0 Å². The highest BCUT2D eigenvalue weighted by Crippen LogP contribution is 2.31. The number of rotatable bonds is 3. The Morgan fingerprint density at radius 1 is 1.24 bits per heavy atom. The van der Waals surface area contributed by atoms with Gasteiger partial charge in [-0.3, -0.25) is 9.78 Å². The van der Waals surface area contributed by atoms with Gasteiger partial charge in [-0.25, -0.2) is 0 Å². The normalized spacial score (nSPS) is 16.4. The Kier molecular flexibility index (Phi) is 8.16. The second-order valence-corrected chi connectivity index (χ2v) is 5.65. The number of para-hydroxylation sites is 1. The van der Waals surface area contributed by atoms with Gasteiger partial charge in [0, 0.05) is 37.1 Å². The van der Waals surface area contributed by atoms with Crippen LogP contribution in [0.4, 0.5) is 0 Å². The van der Waals surface area contributed by atoms with Gasteiger partial charge in [-0.2, -0.15) is 0 Å². The molecule has 136 valence electrons. The van der Waals surface area contributed by atoms with E-state index in [-0.39, 0.29) is 36.8 Å². The number of carbonyl (C=O) groups is 1. The number of hydrogen-bond donors (Lipinski definition) is 1. The third kappa shape index (κ3) is 4.63. The van der Waals surface area contributed by atoms with E-state index < -0.39 is 0 Å². The molecule has 1 aromatic carbocycles. The van der Waals surface area contributed by atoms with Gasteiger partial charge in [-0.05, 0) is 25.1 Å². The van der Waals surface area contributed by atoms with Crippen LogP contribution in [0.25, 0.3) is 0 Å². The number of benzene rings is 1. The molecule has 1 N–H and O–H groups in total. The van der Waals surface area contributed by atoms with Crippen molar-refractivity contribution >= 4 is 30.7 Å². The van der Waals surface area contributed by atoms with E-state index in [2.05, 4.69) is 10.3 Å². The molecule has 1 aliphatic rings. The van der Waals surface area contributed by atoms with Crippen molar-refractivity contribution in [2.75, 3.05) is 26.7 Å². The van der Waals surface area contributed by atoms with Crippen LogP contribution >= 0.6 is 24.8 Å². The van der Waals surface area contributed by atoms with Crippen LogP contribution in [-0.2, 0) is 0 Å². The average Bonchev–Trinajstić information content (AvgIpc) is 2.62. The lowest BCUT2D eigenvalue weighted by Gasteiger charge is -2.37. The second-order valence-electron chi connectivity index (χ2n) is 5.65. The van der Waals surface area contributed by atoms with Crippen LogP contribution in [0, 0.1) is 6.92 Å². The highest BCUT2D eigenvalue weighted by Gasteiger charge is 2.30. The number of carbonyl (C=O) groups excluding carboxylic acids is 1. The minimum atomic E-state index is -0.0475. The van der Waals surface area contributed by atoms with Crippen LogP contribution in [0.15, 0.2) is 42.6 Å². The number of aryl methyl sites for hydroxylation is 1. The summed E-state index contributed by atoms with van der Waals surface area (Å²) >= 11 is 0. The predicted molar refractivity (Wildman–Crippen MR) is 103 cm³/mol. The van der Waals surface area contributed by atoms with E-state index in [1.165, 1.54) is 0 Å². The lowest BCUT2D eigenvalue weighted by atomic mass is 10.0. The Bertz CT molecular complexity index is 695. The molecule has 1 saturated heterocycles. The topological polar surface area (TPSA) is 54.5 Å². The highest BCUT2D eigenvalue weighted by atomic mass is 35.5. The largest absolute Gasteiger partial charge is 0.496 e. The van der Waals surface area contributed by atoms with E-state index in [1.807, 2.05) is 48.2 Å². The summed E-state index contributed by atoms with van der Waals surface area (Å²) in [6, 6.07) is 11.5. The first-order chi connectivity index (χ1) is 11.2. The SMILES string of the molecule is COc1ccccc1C1CNCCN1C(=O)c1ccc(C)nc1.Cl.Cl. The Labute approximate surface area is 160 Å². The van der Waals surface area contributed by atoms with Crippen molar-refractivity contribution in [3.05, 3.63) is 59.4 Å². The summed E-state index contributed by atoms with van der Waals surface area (Å²) < 4.78 is 5.47. The summed E-state index contributed by atoms with van der Waals surface area (Å²) in [5.74, 6) is 0.816. The predicted octanol–water partition coefficient (Wildman–Crippen LogP) is 3.03. The van der Waals surface area contributed by atoms with Crippen molar-refractivity contribution in [2.24, 2.45) is 0 Å². The highest BCUT2D eigenvalue weighted by molar-refractivity contribution is 5.94. The van der Waals surface area contributed by atoms with Crippen LogP contribution in [0.2, 0.25) is 0 Å². The van der Waals surface area contributed by atoms with Crippen molar-refractivity contribution in [3.8, 4) is 5.75 Å². The van der Waals surface area contributed by atoms with E-state index in [4.69, 9.17) is 4.74 Å². The molecule has 1 aromatic heterocycles. The molecule has 2 aromatic rings. The maximum atomic E-state index is 12.9. The van der Waals surface area contributed by atoms with Crippen LogP contribution in [0.3, 0.4) is 0 Å². The fourth-order valence-electron chi connectivity index (χ4n) is 2.93. The van der Waals surface area contributed by atoms with Crippen LogP contribution in [0.5, 0.6) is 5.75 Å². The molecule has 1 unspecified atom stereocenters. The summed E-state index contributed by atoms with van der Waals surface area (Å²) in [5, 5.41) is 3.36. The molecule has 0 spiro atoms. The monoisotopic (exact) mass is 383 g/mol. The fraction of sp³-hybridized carbons (Fsp3) is 0.333. The Hall–Kier alpha value is -1.82. The van der Waals surface area contributed by atoms with Crippen molar-refractivity contribution in [3.63, 3.8) is 0 Å². The molecule has 0 radical (unpaired) electrons. The van der Waals surface area contributed by atoms with Gasteiger partial charge in [0.15, 0.2) is 0 Å². The fourth-order valence-corrected chi connectivity index (χ4v) is 2.93. The first-order valence-corrected chi connectivity index (χ1v) is 7.78. The van der Waals surface area contributed by atoms with E-state index in [0.29, 0.717) is 18.7 Å². The minimum absolute atomic E-state index is 0. The van der Waals surface area contributed by atoms with Crippen molar-refractivity contribution < 1.29 is 9.53 Å². The molecule has 1 aliphatic heterocycles. The number of halogens is 2. The molecule has 0 aliphatic carbocycles. The number of methoxy groups -OCH3 is 1. The molecule has 0 saturated carbocycles. The van der Waals surface area contributed by atoms with Gasteiger partial charge >= 0.3 is 0 Å². The van der Waals surface area contributed by atoms with E-state index in [9.17, 15) is 4.79 Å². The number of ether oxygens (including phenoxy) is 1. The minimum Gasteiger partial charge on any atom is -0.496 e. The third-order valence-electron chi connectivity index (χ3n) is 4.16. The third-order valence-corrected chi connectivity index (χ3v) is 4.16. The lowest BCUT2D eigenvalue weighted by Crippen LogP contribution is -2.48. The number of piperazine rings is 1. The number of amides is 1. The lowest BCUT2D eigenvalue weighted by molar-refractivity contribution is 0.0631. The number of nitrogens with one attached hydrogen (secondary N) is 1. The summed E-state index contributed by atoms with van der Waals surface area (Å²) in [4.78, 5) is 19.1. The standard InChI is InChI=1S/C18H21N3O2.2ClH/c1-13-7-8-14(11-20-13)18(22)21-10-9-19-12-16(21)15-5-3-4-6-17(15)23-2;;/h3-8,11,16,19H,9-10,12H2,1-2H3;2*1H. The maximum absolute atomic E-state index is 12.9. The van der Waals surface area contributed by atoms with Crippen LogP contribution in [0.1, 0.15) is 27.7 Å². The van der Waals surface area contributed by atoms with Crippen molar-refractivity contribution in [1.29, 1.82) is 0 Å². The zero-order chi connectivity index (χ0) is 16.2. The van der Waals surface area contributed by atoms with Crippen molar-refractivity contribution in [1.82, 2.24) is 15.2 Å². The number of nitrogens with zero attached hydrogens (tertiary/aromatic N) is 2. The second kappa shape index (κ2) is 9.61. The molecular weight excluding hydrogens is 361 g/mol. The Balaban J connectivity index is 0.00000156. The number of pyridine rings is 1. The quantitative estimate of drug-likeness (QED) is 0.884. The molecule has 7 heteroatoms. The van der Waals surface area contributed by atoms with Gasteiger partial charge in [-0.1, -0.05) is 18.2 Å². The molecule has 3 rings (SSSR count). The van der Waals surface area contributed by atoms with Crippen LogP contribution < -0.4 is 10.1 Å². The molecular formula is C18H23Cl2N3O2. The maximum Gasteiger partial charge on any atom is 0.256 e. The average molecular weight is 384 g/mol. The number of hydrogen-bond acceptors (Lipinski definition) is 4. The zero-order valence-electron chi connectivity index (χ0n) is 14.3. The molecule has 2 heterocycles. The summed E-state index contributed by atoms with van der Waals surface area (Å²) in [6.45, 7) is 4.08. The zero-order valence-corrected chi connectivity index (χ0v) is 15.9. The first-order valence-electron chi connectivity index (χ1n) is 7.78. The van der Waals surface area contributed by atoms with Gasteiger partial charge < -0.3 is 15.0 Å². The Morgan fingerprint density at radius 2 is 2.00 bits per heavy atom. The smallest absolute Gasteiger partial charge is 0.256 e. The molecule has 25 heavy (non-hydrogen) atoms. The summed E-state index contributed by atoms with van der Waals surface area (Å²) in [5.41, 5.74) is 2.55. The molecule has 1 fully saturated rings. The molecule has 5 nitrogen and oxygen atoms in total. The van der Waals surface area contributed by atoms with Crippen molar-refractivity contribution in [2.45, 2.75) is 13.0 Å². The molecule has 0 bridgehead atoms. The summed E-state index contributed by atoms with van der Waals surface area (Å²) in [6.07, 6.45) is 1.65. The molecule has 1 atom stereocenters. The van der Waals surface area contributed by atoms with Gasteiger partial charge in [-0.15, -0.1) is 24.8 Å². The Morgan fingerprint density at radius 3 is 2.68 bits per heavy atom. The van der Waals surface area contributed by atoms with Gasteiger partial charge in [0.2, 0.25) is 0 Å². The van der Waals surface area contributed by atoms with Crippen LogP contribution in [-0.4, -0.2) is 42.5 Å². The van der Waals surface area contributed by atoms with E-state index in [0.717, 1.165) is 23.6 Å². The number of aromatic nitrogens is 1. The molecule has 1 amide bonds. The first kappa shape index (κ1) is 21.2. The van der Waals surface area contributed by atoms with E-state index in [1.54, 1.807) is 13.3 Å². The van der Waals surface area contributed by atoms with Gasteiger partial charge in [0.25, 0.3) is 5.91 Å². The van der Waals surface area contributed by atoms with Gasteiger partial charge in [0.05, 0.1) is 18.7 Å². The summed E-state index contributed by atoms with van der Waals surface area (Å²) in [7, 11) is 1.66.